The highest BCUT2D eigenvalue weighted by molar-refractivity contribution is 7.98. The van der Waals surface area contributed by atoms with Crippen LogP contribution in [-0.2, 0) is 17.1 Å². The molecule has 6 heteroatoms. The lowest BCUT2D eigenvalue weighted by molar-refractivity contribution is -0.116. The Labute approximate surface area is 186 Å². The third-order valence-electron chi connectivity index (χ3n) is 5.29. The fourth-order valence-electron chi connectivity index (χ4n) is 3.44. The lowest BCUT2D eigenvalue weighted by atomic mass is 10.1. The topological polar surface area (TPSA) is 70.2 Å². The first-order valence-electron chi connectivity index (χ1n) is 10.3. The molecule has 0 aliphatic carbocycles. The molecule has 0 fully saturated rings. The molecule has 3 aromatic rings. The molecule has 3 N–H and O–H groups in total. The lowest BCUT2D eigenvalue weighted by Crippen LogP contribution is -2.40. The average molecular weight is 432 g/mol. The maximum absolute atomic E-state index is 12.6. The molecule has 5 nitrogen and oxygen atoms in total. The number of aryl methyl sites for hydroxylation is 1. The molecule has 0 saturated heterocycles. The van der Waals surface area contributed by atoms with E-state index in [0.717, 1.165) is 17.0 Å². The largest absolute Gasteiger partial charge is 0.371 e. The van der Waals surface area contributed by atoms with E-state index in [4.69, 9.17) is 0 Å². The van der Waals surface area contributed by atoms with E-state index < -0.39 is 0 Å². The van der Waals surface area contributed by atoms with Gasteiger partial charge < -0.3 is 16.0 Å². The Kier molecular flexibility index (Phi) is 6.57. The van der Waals surface area contributed by atoms with E-state index in [1.165, 1.54) is 11.1 Å². The van der Waals surface area contributed by atoms with Gasteiger partial charge in [0.25, 0.3) is 5.91 Å². The third kappa shape index (κ3) is 5.27. The Hall–Kier alpha value is -3.25. The summed E-state index contributed by atoms with van der Waals surface area (Å²) in [7, 11) is 0. The number of hydrogen-bond acceptors (Lipinski definition) is 4. The van der Waals surface area contributed by atoms with Gasteiger partial charge in [-0.1, -0.05) is 54.6 Å². The number of rotatable bonds is 7. The predicted octanol–water partition coefficient (Wildman–Crippen LogP) is 4.59. The molecule has 1 atom stereocenters. The van der Waals surface area contributed by atoms with Gasteiger partial charge in [-0.15, -0.1) is 0 Å². The summed E-state index contributed by atoms with van der Waals surface area (Å²) < 4.78 is 0. The Morgan fingerprint density at radius 1 is 1.00 bits per heavy atom. The highest BCUT2D eigenvalue weighted by atomic mass is 32.2. The van der Waals surface area contributed by atoms with Crippen molar-refractivity contribution in [3.8, 4) is 0 Å². The number of thioether (sulfide) groups is 1. The molecule has 2 amide bonds. The first-order chi connectivity index (χ1) is 15.1. The zero-order valence-corrected chi connectivity index (χ0v) is 18.2. The number of anilines is 2. The van der Waals surface area contributed by atoms with E-state index in [9.17, 15) is 9.59 Å². The van der Waals surface area contributed by atoms with Gasteiger partial charge in [0.1, 0.15) is 6.04 Å². The molecule has 0 spiro atoms. The van der Waals surface area contributed by atoms with Crippen LogP contribution in [0.3, 0.4) is 0 Å². The molecule has 3 aromatic carbocycles. The Bertz CT molecular complexity index is 1090. The van der Waals surface area contributed by atoms with E-state index in [1.54, 1.807) is 23.9 Å². The summed E-state index contributed by atoms with van der Waals surface area (Å²) in [6.45, 7) is 2.56. The fraction of sp³-hybridized carbons (Fsp3) is 0.200. The van der Waals surface area contributed by atoms with Crippen molar-refractivity contribution < 1.29 is 9.59 Å². The molecule has 158 valence electrons. The molecular formula is C25H25N3O2S. The van der Waals surface area contributed by atoms with Crippen LogP contribution in [0.15, 0.2) is 72.8 Å². The first kappa shape index (κ1) is 21.0. The molecule has 0 radical (unpaired) electrons. The number of hydrogen-bond donors (Lipinski definition) is 3. The highest BCUT2D eigenvalue weighted by Gasteiger charge is 2.26. The van der Waals surface area contributed by atoms with Crippen LogP contribution in [-0.4, -0.2) is 23.6 Å². The first-order valence-corrected chi connectivity index (χ1v) is 11.4. The lowest BCUT2D eigenvalue weighted by Gasteiger charge is -2.27. The minimum Gasteiger partial charge on any atom is -0.371 e. The molecule has 4 rings (SSSR count). The van der Waals surface area contributed by atoms with Gasteiger partial charge in [-0.3, -0.25) is 9.59 Å². The van der Waals surface area contributed by atoms with E-state index >= 15 is 0 Å². The second kappa shape index (κ2) is 9.71. The van der Waals surface area contributed by atoms with Crippen LogP contribution in [0.2, 0.25) is 0 Å². The van der Waals surface area contributed by atoms with Crippen molar-refractivity contribution in [2.45, 2.75) is 25.3 Å². The molecule has 1 aliphatic heterocycles. The molecule has 0 aromatic heterocycles. The van der Waals surface area contributed by atoms with Crippen LogP contribution < -0.4 is 16.0 Å². The quantitative estimate of drug-likeness (QED) is 0.512. The normalized spacial score (nSPS) is 14.9. The molecule has 1 aliphatic rings. The maximum atomic E-state index is 12.6. The zero-order valence-electron chi connectivity index (χ0n) is 17.4. The van der Waals surface area contributed by atoms with Gasteiger partial charge in [0, 0.05) is 23.6 Å². The van der Waals surface area contributed by atoms with Gasteiger partial charge in [0.15, 0.2) is 0 Å². The maximum Gasteiger partial charge on any atom is 0.251 e. The van der Waals surface area contributed by atoms with Crippen LogP contribution in [0.5, 0.6) is 0 Å². The molecule has 0 bridgehead atoms. The van der Waals surface area contributed by atoms with Crippen LogP contribution in [0.25, 0.3) is 0 Å². The molecule has 1 heterocycles. The number of amides is 2. The van der Waals surface area contributed by atoms with Gasteiger partial charge in [-0.25, -0.2) is 0 Å². The van der Waals surface area contributed by atoms with Gasteiger partial charge in [0.05, 0.1) is 11.4 Å². The van der Waals surface area contributed by atoms with Crippen molar-refractivity contribution in [1.29, 1.82) is 0 Å². The predicted molar refractivity (Wildman–Crippen MR) is 127 cm³/mol. The summed E-state index contributed by atoms with van der Waals surface area (Å²) >= 11 is 1.73. The van der Waals surface area contributed by atoms with Crippen LogP contribution >= 0.6 is 11.8 Å². The third-order valence-corrected chi connectivity index (χ3v) is 6.37. The van der Waals surface area contributed by atoms with Crippen molar-refractivity contribution in [2.24, 2.45) is 0 Å². The Balaban J connectivity index is 1.34. The number of nitrogens with one attached hydrogen (secondary N) is 3. The highest BCUT2D eigenvalue weighted by Crippen LogP contribution is 2.29. The fourth-order valence-corrected chi connectivity index (χ4v) is 4.58. The minimum atomic E-state index is -0.306. The van der Waals surface area contributed by atoms with Gasteiger partial charge >= 0.3 is 0 Å². The van der Waals surface area contributed by atoms with Crippen molar-refractivity contribution >= 4 is 35.0 Å². The van der Waals surface area contributed by atoms with E-state index in [2.05, 4.69) is 35.0 Å². The van der Waals surface area contributed by atoms with E-state index in [0.29, 0.717) is 23.5 Å². The number of fused-ring (bicyclic) bond motifs is 1. The zero-order chi connectivity index (χ0) is 21.6. The summed E-state index contributed by atoms with van der Waals surface area (Å²) in [6, 6.07) is 23.1. The summed E-state index contributed by atoms with van der Waals surface area (Å²) in [5.41, 5.74) is 5.58. The van der Waals surface area contributed by atoms with Gasteiger partial charge in [-0.05, 0) is 41.8 Å². The average Bonchev–Trinajstić information content (AvgIpc) is 2.79. The molecule has 31 heavy (non-hydrogen) atoms. The van der Waals surface area contributed by atoms with Crippen molar-refractivity contribution in [1.82, 2.24) is 5.32 Å². The summed E-state index contributed by atoms with van der Waals surface area (Å²) in [4.78, 5) is 25.1. The smallest absolute Gasteiger partial charge is 0.251 e. The Morgan fingerprint density at radius 3 is 2.58 bits per heavy atom. The molecular weight excluding hydrogens is 406 g/mol. The standard InChI is InChI=1S/C25H25N3O2S/c1-17-7-5-6-10-20(17)15-31-16-23-25(30)28-22-13-19(11-12-21(22)27-23)24(29)26-14-18-8-3-2-4-9-18/h2-13,23,27H,14-16H2,1H3,(H,26,29)(H,28,30). The van der Waals surface area contributed by atoms with Crippen LogP contribution in [0, 0.1) is 6.92 Å². The van der Waals surface area contributed by atoms with Gasteiger partial charge in [0.2, 0.25) is 5.91 Å². The second-order valence-corrected chi connectivity index (χ2v) is 8.59. The van der Waals surface area contributed by atoms with E-state index in [-0.39, 0.29) is 17.9 Å². The minimum absolute atomic E-state index is 0.0772. The summed E-state index contributed by atoms with van der Waals surface area (Å²) in [6.07, 6.45) is 0. The number of benzene rings is 3. The summed E-state index contributed by atoms with van der Waals surface area (Å²) in [5, 5.41) is 9.17. The number of carbonyl (C=O) groups excluding carboxylic acids is 2. The van der Waals surface area contributed by atoms with E-state index in [1.807, 2.05) is 48.5 Å². The Morgan fingerprint density at radius 2 is 1.77 bits per heavy atom. The second-order valence-electron chi connectivity index (χ2n) is 7.56. The van der Waals surface area contributed by atoms with Gasteiger partial charge in [-0.2, -0.15) is 11.8 Å². The SMILES string of the molecule is Cc1ccccc1CSCC1Nc2ccc(C(=O)NCc3ccccc3)cc2NC1=O. The van der Waals surface area contributed by atoms with Crippen molar-refractivity contribution in [2.75, 3.05) is 16.4 Å². The van der Waals surface area contributed by atoms with Crippen molar-refractivity contribution in [3.05, 3.63) is 95.1 Å². The molecule has 1 unspecified atom stereocenters. The van der Waals surface area contributed by atoms with Crippen LogP contribution in [0.1, 0.15) is 27.0 Å². The van der Waals surface area contributed by atoms with Crippen molar-refractivity contribution in [3.63, 3.8) is 0 Å². The monoisotopic (exact) mass is 431 g/mol. The number of carbonyl (C=O) groups is 2. The summed E-state index contributed by atoms with van der Waals surface area (Å²) in [5.74, 6) is 1.29. The van der Waals surface area contributed by atoms with Crippen LogP contribution in [0.4, 0.5) is 11.4 Å². The molecule has 0 saturated carbocycles.